The molecule has 0 spiro atoms. The number of aromatic nitrogens is 4. The topological polar surface area (TPSA) is 86.8 Å². The van der Waals surface area contributed by atoms with Crippen molar-refractivity contribution in [2.75, 3.05) is 12.3 Å². The minimum Gasteiger partial charge on any atom is -0.463 e. The lowest BCUT2D eigenvalue weighted by atomic mass is 10.5. The maximum Gasteiger partial charge on any atom is 0.322 e. The first-order valence-electron chi connectivity index (χ1n) is 5.50. The maximum atomic E-state index is 5.62. The number of pyridine rings is 1. The van der Waals surface area contributed by atoms with E-state index >= 15 is 0 Å². The molecule has 18 heavy (non-hydrogen) atoms. The summed E-state index contributed by atoms with van der Waals surface area (Å²) in [5, 5.41) is 0.514. The Morgan fingerprint density at radius 1 is 1.22 bits per heavy atom. The highest BCUT2D eigenvalue weighted by Crippen LogP contribution is 2.24. The summed E-state index contributed by atoms with van der Waals surface area (Å²) >= 11 is 1.39. The van der Waals surface area contributed by atoms with Gasteiger partial charge in [0, 0.05) is 17.3 Å². The molecule has 0 bridgehead atoms. The number of anilines is 1. The van der Waals surface area contributed by atoms with Crippen LogP contribution in [0.2, 0.25) is 0 Å². The molecule has 0 aliphatic heterocycles. The van der Waals surface area contributed by atoms with Crippen LogP contribution in [0.15, 0.2) is 34.6 Å². The fourth-order valence-electron chi connectivity index (χ4n) is 1.17. The van der Waals surface area contributed by atoms with Gasteiger partial charge < -0.3 is 10.5 Å². The SMILES string of the molecule is CCCOc1nc(N)nc(Sc2ccncc2)n1. The minimum atomic E-state index is 0.160. The predicted molar refractivity (Wildman–Crippen MR) is 68.4 cm³/mol. The van der Waals surface area contributed by atoms with Gasteiger partial charge in [0.05, 0.1) is 6.61 Å². The fourth-order valence-corrected chi connectivity index (χ4v) is 1.90. The van der Waals surface area contributed by atoms with Gasteiger partial charge in [0.25, 0.3) is 0 Å². The number of nitrogens with two attached hydrogens (primary N) is 1. The van der Waals surface area contributed by atoms with Crippen molar-refractivity contribution in [3.63, 3.8) is 0 Å². The summed E-state index contributed by atoms with van der Waals surface area (Å²) in [5.41, 5.74) is 5.62. The van der Waals surface area contributed by atoms with Crippen LogP contribution >= 0.6 is 11.8 Å². The number of ether oxygens (including phenoxy) is 1. The molecule has 0 atom stereocenters. The number of hydrogen-bond acceptors (Lipinski definition) is 7. The van der Waals surface area contributed by atoms with Crippen LogP contribution < -0.4 is 10.5 Å². The summed E-state index contributed by atoms with van der Waals surface area (Å²) < 4.78 is 5.35. The molecular formula is C11H13N5OS. The lowest BCUT2D eigenvalue weighted by molar-refractivity contribution is 0.288. The van der Waals surface area contributed by atoms with E-state index in [-0.39, 0.29) is 12.0 Å². The molecule has 2 aromatic rings. The number of nitrogens with zero attached hydrogens (tertiary/aromatic N) is 4. The first kappa shape index (κ1) is 12.6. The van der Waals surface area contributed by atoms with Crippen LogP contribution in [0.5, 0.6) is 6.01 Å². The third-order valence-electron chi connectivity index (χ3n) is 1.91. The van der Waals surface area contributed by atoms with Crippen molar-refractivity contribution in [1.82, 2.24) is 19.9 Å². The standard InChI is InChI=1S/C11H13N5OS/c1-2-7-17-10-14-9(12)15-11(16-10)18-8-3-5-13-6-4-8/h3-6H,2,7H2,1H3,(H2,12,14,15,16). The maximum absolute atomic E-state index is 5.62. The number of rotatable bonds is 5. The normalized spacial score (nSPS) is 10.3. The highest BCUT2D eigenvalue weighted by Gasteiger charge is 2.07. The molecule has 0 fully saturated rings. The van der Waals surface area contributed by atoms with Crippen molar-refractivity contribution in [2.45, 2.75) is 23.4 Å². The van der Waals surface area contributed by atoms with E-state index in [4.69, 9.17) is 10.5 Å². The van der Waals surface area contributed by atoms with E-state index in [1.165, 1.54) is 11.8 Å². The Morgan fingerprint density at radius 3 is 2.72 bits per heavy atom. The van der Waals surface area contributed by atoms with Crippen LogP contribution in [0.4, 0.5) is 5.95 Å². The van der Waals surface area contributed by atoms with Crippen molar-refractivity contribution in [3.05, 3.63) is 24.5 Å². The zero-order chi connectivity index (χ0) is 12.8. The molecule has 94 valence electrons. The zero-order valence-electron chi connectivity index (χ0n) is 9.91. The average molecular weight is 263 g/mol. The highest BCUT2D eigenvalue weighted by molar-refractivity contribution is 7.99. The Hall–Kier alpha value is -1.89. The molecule has 6 nitrogen and oxygen atoms in total. The van der Waals surface area contributed by atoms with Crippen LogP contribution in [-0.2, 0) is 0 Å². The Labute approximate surface area is 109 Å². The Bertz CT molecular complexity index is 508. The van der Waals surface area contributed by atoms with Crippen LogP contribution in [0, 0.1) is 0 Å². The molecule has 2 rings (SSSR count). The molecule has 2 N–H and O–H groups in total. The van der Waals surface area contributed by atoms with Gasteiger partial charge in [-0.1, -0.05) is 6.92 Å². The largest absolute Gasteiger partial charge is 0.463 e. The second-order valence-corrected chi connectivity index (χ2v) is 4.43. The predicted octanol–water partition coefficient (Wildman–Crippen LogP) is 1.79. The summed E-state index contributed by atoms with van der Waals surface area (Å²) in [6.45, 7) is 2.57. The van der Waals surface area contributed by atoms with E-state index in [0.29, 0.717) is 11.8 Å². The molecule has 7 heteroatoms. The lowest BCUT2D eigenvalue weighted by Crippen LogP contribution is -2.05. The summed E-state index contributed by atoms with van der Waals surface area (Å²) in [7, 11) is 0. The van der Waals surface area contributed by atoms with Gasteiger partial charge in [-0.25, -0.2) is 0 Å². The Balaban J connectivity index is 2.15. The Morgan fingerprint density at radius 2 is 2.00 bits per heavy atom. The van der Waals surface area contributed by atoms with E-state index in [2.05, 4.69) is 19.9 Å². The van der Waals surface area contributed by atoms with Crippen LogP contribution in [0.3, 0.4) is 0 Å². The summed E-state index contributed by atoms with van der Waals surface area (Å²) in [6, 6.07) is 4.01. The van der Waals surface area contributed by atoms with Crippen LogP contribution in [-0.4, -0.2) is 26.5 Å². The van der Waals surface area contributed by atoms with Crippen molar-refractivity contribution in [1.29, 1.82) is 0 Å². The second kappa shape index (κ2) is 6.15. The molecular weight excluding hydrogens is 250 g/mol. The quantitative estimate of drug-likeness (QED) is 0.879. The van der Waals surface area contributed by atoms with Crippen molar-refractivity contribution in [3.8, 4) is 6.01 Å². The van der Waals surface area contributed by atoms with E-state index < -0.39 is 0 Å². The number of hydrogen-bond donors (Lipinski definition) is 1. The van der Waals surface area contributed by atoms with Crippen molar-refractivity contribution >= 4 is 17.7 Å². The molecule has 0 saturated carbocycles. The average Bonchev–Trinajstić information content (AvgIpc) is 2.37. The van der Waals surface area contributed by atoms with E-state index in [1.807, 2.05) is 19.1 Å². The third-order valence-corrected chi connectivity index (χ3v) is 2.78. The number of nitrogen functional groups attached to an aromatic ring is 1. The molecule has 0 saturated heterocycles. The molecule has 2 heterocycles. The third kappa shape index (κ3) is 3.56. The molecule has 0 aliphatic carbocycles. The van der Waals surface area contributed by atoms with Crippen LogP contribution in [0.25, 0.3) is 0 Å². The van der Waals surface area contributed by atoms with Gasteiger partial charge in [-0.05, 0) is 30.3 Å². The summed E-state index contributed by atoms with van der Waals surface area (Å²) in [5.74, 6) is 0.160. The van der Waals surface area contributed by atoms with E-state index in [0.717, 1.165) is 11.3 Å². The fraction of sp³-hybridized carbons (Fsp3) is 0.273. The summed E-state index contributed by atoms with van der Waals surface area (Å²) in [4.78, 5) is 17.1. The van der Waals surface area contributed by atoms with Gasteiger partial charge in [-0.15, -0.1) is 0 Å². The molecule has 0 aromatic carbocycles. The van der Waals surface area contributed by atoms with Gasteiger partial charge in [0.2, 0.25) is 11.1 Å². The van der Waals surface area contributed by atoms with Crippen molar-refractivity contribution in [2.24, 2.45) is 0 Å². The molecule has 0 amide bonds. The highest BCUT2D eigenvalue weighted by atomic mass is 32.2. The van der Waals surface area contributed by atoms with E-state index in [1.54, 1.807) is 12.4 Å². The van der Waals surface area contributed by atoms with Crippen LogP contribution in [0.1, 0.15) is 13.3 Å². The Kier molecular flexibility index (Phi) is 4.30. The zero-order valence-corrected chi connectivity index (χ0v) is 10.7. The van der Waals surface area contributed by atoms with E-state index in [9.17, 15) is 0 Å². The first-order valence-corrected chi connectivity index (χ1v) is 6.32. The summed E-state index contributed by atoms with van der Waals surface area (Å²) in [6.07, 6.45) is 4.31. The van der Waals surface area contributed by atoms with Gasteiger partial charge in [-0.2, -0.15) is 15.0 Å². The molecule has 0 unspecified atom stereocenters. The second-order valence-electron chi connectivity index (χ2n) is 3.39. The van der Waals surface area contributed by atoms with Gasteiger partial charge in [0.1, 0.15) is 0 Å². The smallest absolute Gasteiger partial charge is 0.322 e. The monoisotopic (exact) mass is 263 g/mol. The molecule has 2 aromatic heterocycles. The minimum absolute atomic E-state index is 0.160. The van der Waals surface area contributed by atoms with Gasteiger partial charge in [0.15, 0.2) is 0 Å². The lowest BCUT2D eigenvalue weighted by Gasteiger charge is -2.05. The van der Waals surface area contributed by atoms with Gasteiger partial charge in [-0.3, -0.25) is 4.98 Å². The van der Waals surface area contributed by atoms with Crippen molar-refractivity contribution < 1.29 is 4.74 Å². The molecule has 0 aliphatic rings. The molecule has 0 radical (unpaired) electrons. The first-order chi connectivity index (χ1) is 8.78. The van der Waals surface area contributed by atoms with Gasteiger partial charge >= 0.3 is 6.01 Å².